The predicted octanol–water partition coefficient (Wildman–Crippen LogP) is 4.71. The Morgan fingerprint density at radius 3 is 2.53 bits per heavy atom. The molecule has 0 spiro atoms. The molecule has 0 aromatic heterocycles. The standard InChI is InChI=1S/C11H15Cl2NS/c1-3-7(2)6-15-11-5-9(13)8(12)4-10(11)14/h4-5,7H,3,6,14H2,1-2H3. The number of rotatable bonds is 4. The zero-order valence-electron chi connectivity index (χ0n) is 8.89. The zero-order chi connectivity index (χ0) is 11.4. The van der Waals surface area contributed by atoms with Gasteiger partial charge in [-0.2, -0.15) is 0 Å². The molecule has 0 aliphatic carbocycles. The molecular weight excluding hydrogens is 249 g/mol. The molecule has 0 aliphatic heterocycles. The quantitative estimate of drug-likeness (QED) is 0.629. The van der Waals surface area contributed by atoms with Crippen LogP contribution in [0.5, 0.6) is 0 Å². The Labute approximate surface area is 105 Å². The van der Waals surface area contributed by atoms with Crippen molar-refractivity contribution in [1.29, 1.82) is 0 Å². The molecule has 0 bridgehead atoms. The summed E-state index contributed by atoms with van der Waals surface area (Å²) in [5.41, 5.74) is 6.56. The Balaban J connectivity index is 2.73. The summed E-state index contributed by atoms with van der Waals surface area (Å²) in [4.78, 5) is 1.02. The molecule has 4 heteroatoms. The first-order chi connectivity index (χ1) is 7.04. The molecule has 1 rings (SSSR count). The highest BCUT2D eigenvalue weighted by atomic mass is 35.5. The molecule has 0 aliphatic rings. The number of nitrogens with two attached hydrogens (primary N) is 1. The second kappa shape index (κ2) is 5.88. The summed E-state index contributed by atoms with van der Waals surface area (Å²) in [6.45, 7) is 4.41. The summed E-state index contributed by atoms with van der Waals surface area (Å²) in [5.74, 6) is 1.74. The van der Waals surface area contributed by atoms with Gasteiger partial charge in [-0.15, -0.1) is 11.8 Å². The van der Waals surface area contributed by atoms with Crippen molar-refractivity contribution in [3.05, 3.63) is 22.2 Å². The average Bonchev–Trinajstić information content (AvgIpc) is 2.21. The highest BCUT2D eigenvalue weighted by molar-refractivity contribution is 7.99. The first-order valence-corrected chi connectivity index (χ1v) is 6.66. The molecule has 1 aromatic carbocycles. The Hall–Kier alpha value is -0.0500. The van der Waals surface area contributed by atoms with Crippen molar-refractivity contribution < 1.29 is 0 Å². The number of thioether (sulfide) groups is 1. The van der Waals surface area contributed by atoms with Gasteiger partial charge in [0.2, 0.25) is 0 Å². The molecule has 1 unspecified atom stereocenters. The molecule has 0 saturated heterocycles. The normalized spacial score (nSPS) is 12.8. The smallest absolute Gasteiger partial charge is 0.0613 e. The maximum atomic E-state index is 5.93. The van der Waals surface area contributed by atoms with Crippen molar-refractivity contribution in [2.45, 2.75) is 25.2 Å². The first kappa shape index (κ1) is 13.0. The number of anilines is 1. The highest BCUT2D eigenvalue weighted by Gasteiger charge is 2.07. The summed E-state index contributed by atoms with van der Waals surface area (Å²) < 4.78 is 0. The number of halogens is 2. The van der Waals surface area contributed by atoms with Crippen LogP contribution in [0.15, 0.2) is 17.0 Å². The SMILES string of the molecule is CCC(C)CSc1cc(Cl)c(Cl)cc1N. The number of nitrogen functional groups attached to an aromatic ring is 1. The molecule has 0 fully saturated rings. The molecule has 0 saturated carbocycles. The van der Waals surface area contributed by atoms with Gasteiger partial charge in [0.15, 0.2) is 0 Å². The van der Waals surface area contributed by atoms with E-state index in [1.165, 1.54) is 6.42 Å². The molecule has 1 aromatic rings. The van der Waals surface area contributed by atoms with Crippen LogP contribution >= 0.6 is 35.0 Å². The minimum atomic E-state index is 0.516. The maximum absolute atomic E-state index is 5.93. The van der Waals surface area contributed by atoms with Gasteiger partial charge in [-0.05, 0) is 18.1 Å². The third-order valence-corrected chi connectivity index (χ3v) is 4.40. The van der Waals surface area contributed by atoms with Crippen molar-refractivity contribution in [3.8, 4) is 0 Å². The minimum Gasteiger partial charge on any atom is -0.398 e. The topological polar surface area (TPSA) is 26.0 Å². The summed E-state index contributed by atoms with van der Waals surface area (Å²) >= 11 is 13.5. The fourth-order valence-corrected chi connectivity index (χ4v) is 2.55. The van der Waals surface area contributed by atoms with Crippen molar-refractivity contribution >= 4 is 40.7 Å². The van der Waals surface area contributed by atoms with Crippen molar-refractivity contribution in [1.82, 2.24) is 0 Å². The maximum Gasteiger partial charge on any atom is 0.0613 e. The van der Waals surface area contributed by atoms with Gasteiger partial charge in [-0.3, -0.25) is 0 Å². The summed E-state index contributed by atoms with van der Waals surface area (Å²) in [6, 6.07) is 3.55. The fourth-order valence-electron chi connectivity index (χ4n) is 1.02. The van der Waals surface area contributed by atoms with Crippen LogP contribution in [0.25, 0.3) is 0 Å². The molecule has 0 radical (unpaired) electrons. The van der Waals surface area contributed by atoms with E-state index in [4.69, 9.17) is 28.9 Å². The molecular formula is C11H15Cl2NS. The van der Waals surface area contributed by atoms with Crippen LogP contribution in [0.3, 0.4) is 0 Å². The third-order valence-electron chi connectivity index (χ3n) is 2.27. The Kier molecular flexibility index (Phi) is 5.10. The first-order valence-electron chi connectivity index (χ1n) is 4.92. The number of hydrogen-bond acceptors (Lipinski definition) is 2. The van der Waals surface area contributed by atoms with Crippen LogP contribution in [0.1, 0.15) is 20.3 Å². The van der Waals surface area contributed by atoms with Crippen molar-refractivity contribution in [3.63, 3.8) is 0 Å². The highest BCUT2D eigenvalue weighted by Crippen LogP contribution is 2.34. The van der Waals surface area contributed by atoms with E-state index in [9.17, 15) is 0 Å². The van der Waals surface area contributed by atoms with E-state index in [2.05, 4.69) is 13.8 Å². The van der Waals surface area contributed by atoms with Gasteiger partial charge in [0, 0.05) is 16.3 Å². The molecule has 2 N–H and O–H groups in total. The lowest BCUT2D eigenvalue weighted by atomic mass is 10.2. The van der Waals surface area contributed by atoms with E-state index in [1.807, 2.05) is 6.07 Å². The van der Waals surface area contributed by atoms with Crippen LogP contribution in [-0.4, -0.2) is 5.75 Å². The van der Waals surface area contributed by atoms with Gasteiger partial charge in [0.05, 0.1) is 10.0 Å². The molecule has 0 heterocycles. The van der Waals surface area contributed by atoms with E-state index in [1.54, 1.807) is 17.8 Å². The Morgan fingerprint density at radius 1 is 1.33 bits per heavy atom. The van der Waals surface area contributed by atoms with Crippen LogP contribution in [-0.2, 0) is 0 Å². The van der Waals surface area contributed by atoms with Crippen molar-refractivity contribution in [2.75, 3.05) is 11.5 Å². The second-order valence-corrected chi connectivity index (χ2v) is 5.50. The van der Waals surface area contributed by atoms with Crippen LogP contribution in [0, 0.1) is 5.92 Å². The Morgan fingerprint density at radius 2 is 1.93 bits per heavy atom. The zero-order valence-corrected chi connectivity index (χ0v) is 11.2. The van der Waals surface area contributed by atoms with E-state index < -0.39 is 0 Å². The fraction of sp³-hybridized carbons (Fsp3) is 0.455. The van der Waals surface area contributed by atoms with Crippen LogP contribution < -0.4 is 5.73 Å². The molecule has 84 valence electrons. The minimum absolute atomic E-state index is 0.516. The summed E-state index contributed by atoms with van der Waals surface area (Å²) in [6.07, 6.45) is 1.17. The van der Waals surface area contributed by atoms with Crippen molar-refractivity contribution in [2.24, 2.45) is 5.92 Å². The Bertz CT molecular complexity index is 342. The number of benzene rings is 1. The third kappa shape index (κ3) is 3.78. The molecule has 0 amide bonds. The lowest BCUT2D eigenvalue weighted by molar-refractivity contribution is 0.637. The van der Waals surface area contributed by atoms with E-state index in [0.717, 1.165) is 10.6 Å². The largest absolute Gasteiger partial charge is 0.398 e. The summed E-state index contributed by atoms with van der Waals surface area (Å²) in [5, 5.41) is 1.08. The van der Waals surface area contributed by atoms with E-state index in [0.29, 0.717) is 21.7 Å². The molecule has 1 atom stereocenters. The lowest BCUT2D eigenvalue weighted by Gasteiger charge is -2.10. The van der Waals surface area contributed by atoms with E-state index in [-0.39, 0.29) is 0 Å². The molecule has 15 heavy (non-hydrogen) atoms. The van der Waals surface area contributed by atoms with Gasteiger partial charge >= 0.3 is 0 Å². The van der Waals surface area contributed by atoms with Gasteiger partial charge in [-0.1, -0.05) is 43.5 Å². The van der Waals surface area contributed by atoms with E-state index >= 15 is 0 Å². The lowest BCUT2D eigenvalue weighted by Crippen LogP contribution is -1.97. The predicted molar refractivity (Wildman–Crippen MR) is 71.1 cm³/mol. The van der Waals surface area contributed by atoms with Gasteiger partial charge < -0.3 is 5.73 Å². The van der Waals surface area contributed by atoms with Crippen LogP contribution in [0.2, 0.25) is 10.0 Å². The summed E-state index contributed by atoms with van der Waals surface area (Å²) in [7, 11) is 0. The molecule has 1 nitrogen and oxygen atoms in total. The van der Waals surface area contributed by atoms with Gasteiger partial charge in [-0.25, -0.2) is 0 Å². The van der Waals surface area contributed by atoms with Crippen LogP contribution in [0.4, 0.5) is 5.69 Å². The second-order valence-electron chi connectivity index (χ2n) is 3.63. The average molecular weight is 264 g/mol. The van der Waals surface area contributed by atoms with Gasteiger partial charge in [0.1, 0.15) is 0 Å². The van der Waals surface area contributed by atoms with Gasteiger partial charge in [0.25, 0.3) is 0 Å². The monoisotopic (exact) mass is 263 g/mol. The number of hydrogen-bond donors (Lipinski definition) is 1.